The second kappa shape index (κ2) is 11.6. The van der Waals surface area contributed by atoms with E-state index in [2.05, 4.69) is 30.3 Å². The molecule has 40 heavy (non-hydrogen) atoms. The summed E-state index contributed by atoms with van der Waals surface area (Å²) in [4.78, 5) is 41.9. The molecule has 5 rings (SSSR count). The highest BCUT2D eigenvalue weighted by molar-refractivity contribution is 6.33. The van der Waals surface area contributed by atoms with Crippen LogP contribution in [0.2, 0.25) is 5.02 Å². The molecular formula is C30H37ClN6O3. The molecule has 3 aromatic rings. The summed E-state index contributed by atoms with van der Waals surface area (Å²) in [5.74, 6) is 0.974. The van der Waals surface area contributed by atoms with Gasteiger partial charge in [0, 0.05) is 32.2 Å². The Kier molecular flexibility index (Phi) is 8.14. The highest BCUT2D eigenvalue weighted by Gasteiger charge is 2.32. The summed E-state index contributed by atoms with van der Waals surface area (Å²) in [6.07, 6.45) is 4.60. The smallest absolute Gasteiger partial charge is 0.355 e. The molecule has 9 nitrogen and oxygen atoms in total. The maximum absolute atomic E-state index is 14.0. The summed E-state index contributed by atoms with van der Waals surface area (Å²) in [5, 5.41) is 11.1. The van der Waals surface area contributed by atoms with Crippen molar-refractivity contribution in [3.8, 4) is 5.69 Å². The number of amides is 1. The maximum Gasteiger partial charge on any atom is 0.355 e. The number of piperazine rings is 1. The molecule has 0 radical (unpaired) electrons. The van der Waals surface area contributed by atoms with Crippen molar-refractivity contribution in [2.45, 2.75) is 58.5 Å². The van der Waals surface area contributed by atoms with Crippen molar-refractivity contribution in [2.24, 2.45) is 0 Å². The topological polar surface area (TPSA) is 94.8 Å². The van der Waals surface area contributed by atoms with Crippen LogP contribution in [0, 0.1) is 0 Å². The van der Waals surface area contributed by atoms with Crippen molar-refractivity contribution in [3.05, 3.63) is 63.6 Å². The Hall–Kier alpha value is -3.43. The van der Waals surface area contributed by atoms with Crippen molar-refractivity contribution in [1.29, 1.82) is 0 Å². The third kappa shape index (κ3) is 4.86. The number of pyridine rings is 1. The zero-order chi connectivity index (χ0) is 28.6. The van der Waals surface area contributed by atoms with Gasteiger partial charge in [0.2, 0.25) is 5.91 Å². The van der Waals surface area contributed by atoms with Crippen LogP contribution in [0.1, 0.15) is 44.7 Å². The summed E-state index contributed by atoms with van der Waals surface area (Å²) < 4.78 is 1.64. The predicted octanol–water partition coefficient (Wildman–Crippen LogP) is 3.74. The molecule has 2 aliphatic heterocycles. The molecule has 10 heteroatoms. The van der Waals surface area contributed by atoms with Crippen LogP contribution in [0.15, 0.2) is 41.7 Å². The molecular weight excluding hydrogens is 528 g/mol. The first kappa shape index (κ1) is 28.1. The molecule has 2 aromatic heterocycles. The third-order valence-corrected chi connectivity index (χ3v) is 8.50. The predicted molar refractivity (Wildman–Crippen MR) is 160 cm³/mol. The van der Waals surface area contributed by atoms with Gasteiger partial charge in [-0.15, -0.1) is 0 Å². The Morgan fingerprint density at radius 3 is 2.48 bits per heavy atom. The molecule has 0 aliphatic carbocycles. The third-order valence-electron chi connectivity index (χ3n) is 8.22. The van der Waals surface area contributed by atoms with Crippen LogP contribution < -0.4 is 15.5 Å². The number of aromatic nitrogens is 3. The normalized spacial score (nSPS) is 19.5. The largest absolute Gasteiger partial charge is 0.394 e. The van der Waals surface area contributed by atoms with Gasteiger partial charge < -0.3 is 19.8 Å². The van der Waals surface area contributed by atoms with E-state index in [9.17, 15) is 14.7 Å². The van der Waals surface area contributed by atoms with Gasteiger partial charge in [0.25, 0.3) is 0 Å². The number of aliphatic hydroxyl groups excluding tert-OH is 1. The zero-order valence-corrected chi connectivity index (χ0v) is 24.2. The molecule has 0 saturated carbocycles. The minimum absolute atomic E-state index is 0.00825. The van der Waals surface area contributed by atoms with Gasteiger partial charge >= 0.3 is 5.69 Å². The Labute approximate surface area is 239 Å². The number of nitrogens with zero attached hydrogens (tertiary/aromatic N) is 6. The quantitative estimate of drug-likeness (QED) is 0.437. The lowest BCUT2D eigenvalue weighted by Gasteiger charge is -2.40. The van der Waals surface area contributed by atoms with E-state index in [1.165, 1.54) is 6.08 Å². The molecule has 2 saturated heterocycles. The first-order valence-electron chi connectivity index (χ1n) is 14.1. The van der Waals surface area contributed by atoms with Crippen LogP contribution in [0.25, 0.3) is 16.7 Å². The van der Waals surface area contributed by atoms with Crippen LogP contribution in [-0.2, 0) is 17.6 Å². The monoisotopic (exact) mass is 564 g/mol. The number of fused-ring (bicyclic) bond motifs is 1. The highest BCUT2D eigenvalue weighted by atomic mass is 35.5. The van der Waals surface area contributed by atoms with E-state index < -0.39 is 5.69 Å². The molecule has 4 heterocycles. The summed E-state index contributed by atoms with van der Waals surface area (Å²) >= 11 is 6.91. The molecule has 212 valence electrons. The van der Waals surface area contributed by atoms with E-state index in [1.54, 1.807) is 9.47 Å². The minimum Gasteiger partial charge on any atom is -0.394 e. The number of aliphatic hydroxyl groups is 1. The summed E-state index contributed by atoms with van der Waals surface area (Å²) in [6, 6.07) is 7.80. The second-order valence-electron chi connectivity index (χ2n) is 10.6. The van der Waals surface area contributed by atoms with Gasteiger partial charge in [-0.2, -0.15) is 4.98 Å². The number of halogens is 1. The SMILES string of the molecule is C=CC(=O)N1CCN(c2nc(=O)n(-c3c(CC)cccc3CC)c3nc(N4CCC[C@@H]4CO)c(Cl)cc23)[C@@H](C)C1. The Bertz CT molecular complexity index is 1480. The van der Waals surface area contributed by atoms with Gasteiger partial charge in [0.1, 0.15) is 11.6 Å². The van der Waals surface area contributed by atoms with Gasteiger partial charge in [-0.25, -0.2) is 14.3 Å². The Balaban J connectivity index is 1.76. The Morgan fingerprint density at radius 1 is 1.12 bits per heavy atom. The fourth-order valence-corrected chi connectivity index (χ4v) is 6.39. The average Bonchev–Trinajstić information content (AvgIpc) is 3.44. The number of carbonyl (C=O) groups excluding carboxylic acids is 1. The lowest BCUT2D eigenvalue weighted by molar-refractivity contribution is -0.126. The lowest BCUT2D eigenvalue weighted by Crippen LogP contribution is -2.54. The summed E-state index contributed by atoms with van der Waals surface area (Å²) in [6.45, 7) is 12.0. The number of para-hydroxylation sites is 1. The first-order valence-corrected chi connectivity index (χ1v) is 14.5. The van der Waals surface area contributed by atoms with Crippen molar-refractivity contribution in [3.63, 3.8) is 0 Å². The van der Waals surface area contributed by atoms with E-state index in [0.29, 0.717) is 47.3 Å². The maximum atomic E-state index is 14.0. The van der Waals surface area contributed by atoms with Crippen LogP contribution in [0.5, 0.6) is 0 Å². The van der Waals surface area contributed by atoms with Gasteiger partial charge in [0.15, 0.2) is 5.65 Å². The van der Waals surface area contributed by atoms with E-state index in [1.807, 2.05) is 36.1 Å². The molecule has 1 N–H and O–H groups in total. The van der Waals surface area contributed by atoms with Crippen LogP contribution in [-0.4, -0.2) is 75.3 Å². The molecule has 2 atom stereocenters. The van der Waals surface area contributed by atoms with Crippen molar-refractivity contribution in [1.82, 2.24) is 19.4 Å². The van der Waals surface area contributed by atoms with Crippen molar-refractivity contribution in [2.75, 3.05) is 42.6 Å². The van der Waals surface area contributed by atoms with Gasteiger partial charge in [0.05, 0.1) is 28.7 Å². The van der Waals surface area contributed by atoms with Crippen LogP contribution in [0.3, 0.4) is 0 Å². The molecule has 0 bridgehead atoms. The molecule has 1 aromatic carbocycles. The van der Waals surface area contributed by atoms with E-state index in [-0.39, 0.29) is 24.6 Å². The van der Waals surface area contributed by atoms with Gasteiger partial charge in [-0.05, 0) is 55.9 Å². The van der Waals surface area contributed by atoms with E-state index in [0.717, 1.165) is 49.0 Å². The standard InChI is InChI=1S/C30H37ClN6O3/c1-5-20-10-8-11-21(6-2)26(20)37-28-23(16-24(31)29(32-28)36-13-9-12-22(36)18-38)27(33-30(37)40)35-15-14-34(17-19(35)4)25(39)7-3/h7-8,10-11,16,19,22,38H,3,5-6,9,12-15,17-18H2,1-2,4H3/t19-,22+/m0/s1. The van der Waals surface area contributed by atoms with Crippen molar-refractivity contribution < 1.29 is 9.90 Å². The second-order valence-corrected chi connectivity index (χ2v) is 11.0. The van der Waals surface area contributed by atoms with Gasteiger partial charge in [-0.3, -0.25) is 4.79 Å². The number of rotatable bonds is 7. The molecule has 2 aliphatic rings. The molecule has 2 fully saturated rings. The number of benzene rings is 1. The average molecular weight is 565 g/mol. The molecule has 0 spiro atoms. The fourth-order valence-electron chi connectivity index (χ4n) is 6.13. The lowest BCUT2D eigenvalue weighted by atomic mass is 10.0. The fraction of sp³-hybridized carbons (Fsp3) is 0.467. The highest BCUT2D eigenvalue weighted by Crippen LogP contribution is 2.37. The Morgan fingerprint density at radius 2 is 1.85 bits per heavy atom. The van der Waals surface area contributed by atoms with E-state index in [4.69, 9.17) is 16.6 Å². The van der Waals surface area contributed by atoms with E-state index >= 15 is 0 Å². The number of aryl methyl sites for hydroxylation is 2. The molecule has 1 amide bonds. The van der Waals surface area contributed by atoms with Crippen LogP contribution >= 0.6 is 11.6 Å². The number of carbonyl (C=O) groups is 1. The first-order chi connectivity index (χ1) is 19.3. The summed E-state index contributed by atoms with van der Waals surface area (Å²) in [7, 11) is 0. The zero-order valence-electron chi connectivity index (χ0n) is 23.4. The minimum atomic E-state index is -0.407. The number of hydrogen-bond acceptors (Lipinski definition) is 7. The number of hydrogen-bond donors (Lipinski definition) is 1. The van der Waals surface area contributed by atoms with Crippen LogP contribution in [0.4, 0.5) is 11.6 Å². The number of anilines is 2. The molecule has 0 unspecified atom stereocenters. The van der Waals surface area contributed by atoms with Crippen molar-refractivity contribution >= 4 is 40.2 Å². The summed E-state index contributed by atoms with van der Waals surface area (Å²) in [5.41, 5.74) is 2.97. The van der Waals surface area contributed by atoms with Gasteiger partial charge in [-0.1, -0.05) is 50.2 Å².